The lowest BCUT2D eigenvalue weighted by atomic mass is 10.1. The molecule has 0 bridgehead atoms. The Morgan fingerprint density at radius 2 is 2.00 bits per heavy atom. The lowest BCUT2D eigenvalue weighted by molar-refractivity contribution is -0.142. The first-order valence-electron chi connectivity index (χ1n) is 6.23. The van der Waals surface area contributed by atoms with Crippen molar-refractivity contribution in [1.29, 1.82) is 0 Å². The Morgan fingerprint density at radius 1 is 1.41 bits per heavy atom. The lowest BCUT2D eigenvalue weighted by Crippen LogP contribution is -2.47. The van der Waals surface area contributed by atoms with Crippen molar-refractivity contribution in [2.24, 2.45) is 5.92 Å². The van der Waals surface area contributed by atoms with Gasteiger partial charge in [-0.1, -0.05) is 13.8 Å². The number of carbonyl (C=O) groups excluding carboxylic acids is 1. The van der Waals surface area contributed by atoms with E-state index in [0.29, 0.717) is 19.1 Å². The highest BCUT2D eigenvalue weighted by molar-refractivity contribution is 5.82. The zero-order chi connectivity index (χ0) is 13.0. The van der Waals surface area contributed by atoms with Crippen LogP contribution in [0.5, 0.6) is 0 Å². The summed E-state index contributed by atoms with van der Waals surface area (Å²) in [5.41, 5.74) is 0. The number of aliphatic carboxylic acids is 1. The maximum Gasteiger partial charge on any atom is 0.307 e. The predicted octanol–water partition coefficient (Wildman–Crippen LogP) is 0.696. The van der Waals surface area contributed by atoms with Crippen LogP contribution < -0.4 is 5.32 Å². The molecule has 0 spiro atoms. The number of rotatable bonds is 7. The van der Waals surface area contributed by atoms with Gasteiger partial charge in [-0.05, 0) is 26.3 Å². The average molecular weight is 242 g/mol. The number of carbonyl (C=O) groups is 2. The SMILES string of the molecule is CCN(CC(C)C(=O)O)C(C)C(=O)NC1CC1. The van der Waals surface area contributed by atoms with Gasteiger partial charge in [-0.2, -0.15) is 0 Å². The van der Waals surface area contributed by atoms with E-state index in [0.717, 1.165) is 12.8 Å². The van der Waals surface area contributed by atoms with Crippen LogP contribution in [0.3, 0.4) is 0 Å². The molecule has 0 saturated heterocycles. The molecule has 5 heteroatoms. The van der Waals surface area contributed by atoms with Crippen molar-refractivity contribution in [1.82, 2.24) is 10.2 Å². The van der Waals surface area contributed by atoms with Crippen LogP contribution in [0.25, 0.3) is 0 Å². The summed E-state index contributed by atoms with van der Waals surface area (Å²) < 4.78 is 0. The predicted molar refractivity (Wildman–Crippen MR) is 64.7 cm³/mol. The zero-order valence-corrected chi connectivity index (χ0v) is 10.8. The van der Waals surface area contributed by atoms with Gasteiger partial charge in [0.05, 0.1) is 12.0 Å². The molecule has 1 amide bonds. The maximum atomic E-state index is 11.8. The topological polar surface area (TPSA) is 69.6 Å². The van der Waals surface area contributed by atoms with E-state index >= 15 is 0 Å². The van der Waals surface area contributed by atoms with Crippen LogP contribution in [0, 0.1) is 5.92 Å². The fourth-order valence-corrected chi connectivity index (χ4v) is 1.71. The summed E-state index contributed by atoms with van der Waals surface area (Å²) in [6, 6.07) is 0.0861. The largest absolute Gasteiger partial charge is 0.481 e. The molecule has 0 heterocycles. The van der Waals surface area contributed by atoms with Crippen molar-refractivity contribution in [2.75, 3.05) is 13.1 Å². The molecule has 98 valence electrons. The van der Waals surface area contributed by atoms with E-state index in [9.17, 15) is 9.59 Å². The van der Waals surface area contributed by atoms with Crippen LogP contribution >= 0.6 is 0 Å². The van der Waals surface area contributed by atoms with Crippen molar-refractivity contribution < 1.29 is 14.7 Å². The fraction of sp³-hybridized carbons (Fsp3) is 0.833. The highest BCUT2D eigenvalue weighted by Crippen LogP contribution is 2.19. The molecule has 0 aliphatic heterocycles. The zero-order valence-electron chi connectivity index (χ0n) is 10.8. The molecule has 0 radical (unpaired) electrons. The molecule has 2 unspecified atom stereocenters. The summed E-state index contributed by atoms with van der Waals surface area (Å²) >= 11 is 0. The van der Waals surface area contributed by atoms with Gasteiger partial charge in [-0.15, -0.1) is 0 Å². The minimum atomic E-state index is -0.821. The Morgan fingerprint density at radius 3 is 2.41 bits per heavy atom. The van der Waals surface area contributed by atoms with Crippen molar-refractivity contribution in [3.8, 4) is 0 Å². The molecule has 0 aromatic rings. The number of nitrogens with one attached hydrogen (secondary N) is 1. The molecule has 1 aliphatic carbocycles. The molecular formula is C12H22N2O3. The summed E-state index contributed by atoms with van der Waals surface area (Å²) in [4.78, 5) is 24.5. The number of nitrogens with zero attached hydrogens (tertiary/aromatic N) is 1. The number of hydrogen-bond donors (Lipinski definition) is 2. The highest BCUT2D eigenvalue weighted by Gasteiger charge is 2.29. The second kappa shape index (κ2) is 6.00. The first kappa shape index (κ1) is 14.0. The van der Waals surface area contributed by atoms with Crippen molar-refractivity contribution in [3.63, 3.8) is 0 Å². The van der Waals surface area contributed by atoms with Gasteiger partial charge in [0.1, 0.15) is 0 Å². The fourth-order valence-electron chi connectivity index (χ4n) is 1.71. The van der Waals surface area contributed by atoms with Gasteiger partial charge in [0.2, 0.25) is 5.91 Å². The Kier molecular flexibility index (Phi) is 4.93. The Balaban J connectivity index is 2.46. The summed E-state index contributed by atoms with van der Waals surface area (Å²) in [6.07, 6.45) is 2.13. The number of carboxylic acids is 1. The number of carboxylic acid groups (broad SMARTS) is 1. The first-order chi connectivity index (χ1) is 7.95. The van der Waals surface area contributed by atoms with E-state index in [1.54, 1.807) is 6.92 Å². The third-order valence-electron chi connectivity index (χ3n) is 3.19. The number of hydrogen-bond acceptors (Lipinski definition) is 3. The summed E-state index contributed by atoms with van der Waals surface area (Å²) in [5.74, 6) is -1.27. The van der Waals surface area contributed by atoms with Gasteiger partial charge in [0.15, 0.2) is 0 Å². The van der Waals surface area contributed by atoms with E-state index in [1.165, 1.54) is 0 Å². The quantitative estimate of drug-likeness (QED) is 0.689. The molecule has 0 aromatic heterocycles. The molecular weight excluding hydrogens is 220 g/mol. The monoisotopic (exact) mass is 242 g/mol. The van der Waals surface area contributed by atoms with Crippen LogP contribution in [-0.2, 0) is 9.59 Å². The number of amides is 1. The summed E-state index contributed by atoms with van der Waals surface area (Å²) in [5, 5.41) is 11.8. The molecule has 1 saturated carbocycles. The molecule has 1 aliphatic rings. The maximum absolute atomic E-state index is 11.8. The average Bonchev–Trinajstić information content (AvgIpc) is 3.08. The van der Waals surface area contributed by atoms with Crippen LogP contribution in [0.2, 0.25) is 0 Å². The second-order valence-electron chi connectivity index (χ2n) is 4.79. The first-order valence-corrected chi connectivity index (χ1v) is 6.23. The number of likely N-dealkylation sites (N-methyl/N-ethyl adjacent to an activating group) is 1. The lowest BCUT2D eigenvalue weighted by Gasteiger charge is -2.28. The Labute approximate surface area is 102 Å². The molecule has 2 atom stereocenters. The molecule has 17 heavy (non-hydrogen) atoms. The third-order valence-corrected chi connectivity index (χ3v) is 3.19. The Bertz CT molecular complexity index is 289. The second-order valence-corrected chi connectivity index (χ2v) is 4.79. The van der Waals surface area contributed by atoms with E-state index in [2.05, 4.69) is 5.32 Å². The van der Waals surface area contributed by atoms with Crippen LogP contribution in [0.4, 0.5) is 0 Å². The molecule has 5 nitrogen and oxygen atoms in total. The minimum Gasteiger partial charge on any atom is -0.481 e. The standard InChI is InChI=1S/C12H22N2O3/c1-4-14(7-8(2)12(16)17)9(3)11(15)13-10-5-6-10/h8-10H,4-7H2,1-3H3,(H,13,15)(H,16,17). The van der Waals surface area contributed by atoms with Gasteiger partial charge in [0, 0.05) is 12.6 Å². The molecule has 1 fully saturated rings. The van der Waals surface area contributed by atoms with E-state index in [4.69, 9.17) is 5.11 Å². The van der Waals surface area contributed by atoms with Gasteiger partial charge in [-0.25, -0.2) is 0 Å². The van der Waals surface area contributed by atoms with Gasteiger partial charge in [-0.3, -0.25) is 14.5 Å². The summed E-state index contributed by atoms with van der Waals surface area (Å²) in [6.45, 7) is 6.52. The van der Waals surface area contributed by atoms with Crippen LogP contribution in [0.1, 0.15) is 33.6 Å². The minimum absolute atomic E-state index is 0.00642. The van der Waals surface area contributed by atoms with Gasteiger partial charge >= 0.3 is 5.97 Å². The van der Waals surface area contributed by atoms with Crippen LogP contribution in [0.15, 0.2) is 0 Å². The van der Waals surface area contributed by atoms with Gasteiger partial charge < -0.3 is 10.4 Å². The third kappa shape index (κ3) is 4.34. The smallest absolute Gasteiger partial charge is 0.307 e. The van der Waals surface area contributed by atoms with E-state index in [1.807, 2.05) is 18.7 Å². The highest BCUT2D eigenvalue weighted by atomic mass is 16.4. The normalized spacial score (nSPS) is 18.8. The Hall–Kier alpha value is -1.10. The van der Waals surface area contributed by atoms with Crippen LogP contribution in [-0.4, -0.2) is 47.1 Å². The van der Waals surface area contributed by atoms with Crippen molar-refractivity contribution in [3.05, 3.63) is 0 Å². The van der Waals surface area contributed by atoms with Crippen molar-refractivity contribution >= 4 is 11.9 Å². The van der Waals surface area contributed by atoms with Crippen molar-refractivity contribution in [2.45, 2.75) is 45.7 Å². The van der Waals surface area contributed by atoms with Gasteiger partial charge in [0.25, 0.3) is 0 Å². The summed E-state index contributed by atoms with van der Waals surface area (Å²) in [7, 11) is 0. The molecule has 2 N–H and O–H groups in total. The van der Waals surface area contributed by atoms with E-state index in [-0.39, 0.29) is 11.9 Å². The molecule has 0 aromatic carbocycles. The van der Waals surface area contributed by atoms with E-state index < -0.39 is 11.9 Å². The molecule has 1 rings (SSSR count).